The third kappa shape index (κ3) is 5.46. The quantitative estimate of drug-likeness (QED) is 0.414. The molecule has 0 saturated carbocycles. The predicted octanol–water partition coefficient (Wildman–Crippen LogP) is 6.31. The summed E-state index contributed by atoms with van der Waals surface area (Å²) < 4.78 is 12.2. The van der Waals surface area contributed by atoms with Crippen LogP contribution in [0.4, 0.5) is 0 Å². The highest BCUT2D eigenvalue weighted by atomic mass is 35.5. The van der Waals surface area contributed by atoms with Crippen molar-refractivity contribution in [3.63, 3.8) is 0 Å². The molecule has 3 aromatic rings. The lowest BCUT2D eigenvalue weighted by atomic mass is 9.84. The fourth-order valence-corrected chi connectivity index (χ4v) is 5.58. The largest absolute Gasteiger partial charge is 0.487 e. The predicted molar refractivity (Wildman–Crippen MR) is 148 cm³/mol. The molecule has 5 rings (SSSR count). The Kier molecular flexibility index (Phi) is 7.42. The first-order valence-corrected chi connectivity index (χ1v) is 13.3. The molecule has 37 heavy (non-hydrogen) atoms. The number of fused-ring (bicyclic) bond motifs is 2. The molecule has 2 aliphatic heterocycles. The first-order chi connectivity index (χ1) is 17.8. The number of benzene rings is 2. The Morgan fingerprint density at radius 3 is 2.57 bits per heavy atom. The number of halogens is 1. The molecule has 1 N–H and O–H groups in total. The van der Waals surface area contributed by atoms with Gasteiger partial charge in [0.15, 0.2) is 0 Å². The van der Waals surface area contributed by atoms with Crippen LogP contribution in [0.25, 0.3) is 5.57 Å². The van der Waals surface area contributed by atoms with Crippen LogP contribution in [0.1, 0.15) is 61.1 Å². The summed E-state index contributed by atoms with van der Waals surface area (Å²) in [5.74, 6) is 0.822. The maximum Gasteiger partial charge on any atom is 0.131 e. The minimum atomic E-state index is -0.935. The molecule has 0 radical (unpaired) electrons. The van der Waals surface area contributed by atoms with Crippen molar-refractivity contribution in [3.8, 4) is 5.75 Å². The Bertz CT molecular complexity index is 1270. The van der Waals surface area contributed by atoms with E-state index in [9.17, 15) is 5.11 Å². The molecule has 0 bridgehead atoms. The van der Waals surface area contributed by atoms with Gasteiger partial charge in [0.1, 0.15) is 12.4 Å². The summed E-state index contributed by atoms with van der Waals surface area (Å²) in [7, 11) is 1.81. The Hall–Kier alpha value is -2.70. The molecule has 0 unspecified atom stereocenters. The average molecular weight is 519 g/mol. The Labute approximate surface area is 224 Å². The summed E-state index contributed by atoms with van der Waals surface area (Å²) in [6.07, 6.45) is 6.91. The van der Waals surface area contributed by atoms with Crippen molar-refractivity contribution in [3.05, 3.63) is 99.8 Å². The van der Waals surface area contributed by atoms with Gasteiger partial charge in [-0.1, -0.05) is 41.9 Å². The van der Waals surface area contributed by atoms with E-state index < -0.39 is 5.60 Å². The molecule has 0 atom stereocenters. The number of aromatic nitrogens is 1. The SMILES string of the molecule is COC1(c2ccc(Cl)cc2)CCN(CC/C=C2/c3cc(C(C)(C)O)ccc3OCc3ncccc32)CC1. The summed E-state index contributed by atoms with van der Waals surface area (Å²) in [5.41, 5.74) is 5.02. The van der Waals surface area contributed by atoms with E-state index in [0.717, 1.165) is 77.6 Å². The van der Waals surface area contributed by atoms with Crippen LogP contribution in [0.2, 0.25) is 5.02 Å². The van der Waals surface area contributed by atoms with Crippen molar-refractivity contribution < 1.29 is 14.6 Å². The Balaban J connectivity index is 1.35. The number of hydrogen-bond acceptors (Lipinski definition) is 5. The first-order valence-electron chi connectivity index (χ1n) is 13.0. The van der Waals surface area contributed by atoms with Gasteiger partial charge >= 0.3 is 0 Å². The maximum absolute atomic E-state index is 10.7. The second kappa shape index (κ2) is 10.6. The summed E-state index contributed by atoms with van der Waals surface area (Å²) in [4.78, 5) is 7.10. The summed E-state index contributed by atoms with van der Waals surface area (Å²) in [5, 5.41) is 11.4. The zero-order valence-electron chi connectivity index (χ0n) is 21.8. The number of aliphatic hydroxyl groups is 1. The lowest BCUT2D eigenvalue weighted by molar-refractivity contribution is -0.0621. The molecule has 0 aliphatic carbocycles. The van der Waals surface area contributed by atoms with Crippen LogP contribution in [0.15, 0.2) is 66.9 Å². The standard InChI is InChI=1S/C31H35ClN2O3/c1-30(2,35)23-10-13-29-27(20-23)25(26-6-4-16-33-28(26)21-37-29)7-5-17-34-18-14-31(36-3,15-19-34)22-8-11-24(32)12-9-22/h4,6-13,16,20,35H,5,14-15,17-19,21H2,1-3H3/b25-7+. The minimum absolute atomic E-state index is 0.255. The molecule has 1 saturated heterocycles. The van der Waals surface area contributed by atoms with E-state index in [4.69, 9.17) is 21.1 Å². The van der Waals surface area contributed by atoms with Crippen LogP contribution < -0.4 is 4.74 Å². The van der Waals surface area contributed by atoms with Gasteiger partial charge in [-0.25, -0.2) is 0 Å². The molecule has 2 aromatic carbocycles. The molecule has 3 heterocycles. The van der Waals surface area contributed by atoms with Crippen molar-refractivity contribution in [1.29, 1.82) is 0 Å². The normalized spacial score (nSPS) is 18.6. The number of hydrogen-bond donors (Lipinski definition) is 1. The van der Waals surface area contributed by atoms with E-state index in [1.165, 1.54) is 5.56 Å². The van der Waals surface area contributed by atoms with Gasteiger partial charge < -0.3 is 19.5 Å². The first kappa shape index (κ1) is 25.9. The van der Waals surface area contributed by atoms with Crippen LogP contribution in [0.3, 0.4) is 0 Å². The van der Waals surface area contributed by atoms with E-state index >= 15 is 0 Å². The van der Waals surface area contributed by atoms with E-state index in [0.29, 0.717) is 6.61 Å². The average Bonchev–Trinajstić information content (AvgIpc) is 3.06. The van der Waals surface area contributed by atoms with Gasteiger partial charge in [-0.3, -0.25) is 4.98 Å². The highest BCUT2D eigenvalue weighted by Crippen LogP contribution is 2.39. The van der Waals surface area contributed by atoms with Gasteiger partial charge in [0.25, 0.3) is 0 Å². The van der Waals surface area contributed by atoms with Gasteiger partial charge in [0.05, 0.1) is 16.9 Å². The molecule has 0 spiro atoms. The number of rotatable bonds is 6. The highest BCUT2D eigenvalue weighted by molar-refractivity contribution is 6.30. The van der Waals surface area contributed by atoms with Gasteiger partial charge in [-0.05, 0) is 80.1 Å². The van der Waals surface area contributed by atoms with Gasteiger partial charge in [-0.2, -0.15) is 0 Å². The Morgan fingerprint density at radius 1 is 1.11 bits per heavy atom. The molecule has 0 amide bonds. The van der Waals surface area contributed by atoms with Crippen LogP contribution in [-0.2, 0) is 22.5 Å². The molecule has 2 aliphatic rings. The minimum Gasteiger partial charge on any atom is -0.487 e. The van der Waals surface area contributed by atoms with Gasteiger partial charge in [-0.15, -0.1) is 0 Å². The third-order valence-corrected chi connectivity index (χ3v) is 7.99. The smallest absolute Gasteiger partial charge is 0.131 e. The van der Waals surface area contributed by atoms with Crippen LogP contribution >= 0.6 is 11.6 Å². The zero-order chi connectivity index (χ0) is 26.0. The molecule has 5 nitrogen and oxygen atoms in total. The molecule has 1 aromatic heterocycles. The maximum atomic E-state index is 10.7. The van der Waals surface area contributed by atoms with Crippen LogP contribution in [-0.4, -0.2) is 41.7 Å². The van der Waals surface area contributed by atoms with Crippen molar-refractivity contribution in [1.82, 2.24) is 9.88 Å². The topological polar surface area (TPSA) is 54.8 Å². The number of piperidine rings is 1. The number of ether oxygens (including phenoxy) is 2. The lowest BCUT2D eigenvalue weighted by Crippen LogP contribution is -2.44. The van der Waals surface area contributed by atoms with Crippen molar-refractivity contribution in [2.45, 2.75) is 50.9 Å². The number of likely N-dealkylation sites (tertiary alicyclic amines) is 1. The van der Waals surface area contributed by atoms with Crippen molar-refractivity contribution in [2.24, 2.45) is 0 Å². The number of nitrogens with zero attached hydrogens (tertiary/aromatic N) is 2. The van der Waals surface area contributed by atoms with Gasteiger partial charge in [0.2, 0.25) is 0 Å². The summed E-state index contributed by atoms with van der Waals surface area (Å²) in [6.45, 7) is 6.96. The molecule has 194 valence electrons. The number of pyridine rings is 1. The molecule has 6 heteroatoms. The molecule has 1 fully saturated rings. The van der Waals surface area contributed by atoms with Crippen LogP contribution in [0.5, 0.6) is 5.75 Å². The summed E-state index contributed by atoms with van der Waals surface area (Å²) in [6, 6.07) is 18.1. The fourth-order valence-electron chi connectivity index (χ4n) is 5.45. The van der Waals surface area contributed by atoms with E-state index in [1.807, 2.05) is 57.5 Å². The van der Waals surface area contributed by atoms with Crippen molar-refractivity contribution >= 4 is 17.2 Å². The highest BCUT2D eigenvalue weighted by Gasteiger charge is 2.36. The van der Waals surface area contributed by atoms with E-state index in [-0.39, 0.29) is 5.60 Å². The second-order valence-corrected chi connectivity index (χ2v) is 10.9. The van der Waals surface area contributed by atoms with Crippen LogP contribution in [0, 0.1) is 0 Å². The third-order valence-electron chi connectivity index (χ3n) is 7.74. The Morgan fingerprint density at radius 2 is 1.86 bits per heavy atom. The zero-order valence-corrected chi connectivity index (χ0v) is 22.6. The van der Waals surface area contributed by atoms with E-state index in [1.54, 1.807) is 0 Å². The lowest BCUT2D eigenvalue weighted by Gasteiger charge is -2.41. The second-order valence-electron chi connectivity index (χ2n) is 10.5. The van der Waals surface area contributed by atoms with Crippen molar-refractivity contribution in [2.75, 3.05) is 26.7 Å². The molecular formula is C31H35ClN2O3. The molecular weight excluding hydrogens is 484 g/mol. The number of methoxy groups -OCH3 is 1. The fraction of sp³-hybridized carbons (Fsp3) is 0.387. The van der Waals surface area contributed by atoms with E-state index in [2.05, 4.69) is 40.2 Å². The monoisotopic (exact) mass is 518 g/mol. The summed E-state index contributed by atoms with van der Waals surface area (Å²) >= 11 is 6.11. The van der Waals surface area contributed by atoms with Gasteiger partial charge in [0, 0.05) is 49.1 Å².